The van der Waals surface area contributed by atoms with Gasteiger partial charge in [0.15, 0.2) is 0 Å². The SMILES string of the molecule is CN1CCN(c2ccc(-c3nc4cc(S(=O)(=O)N[C@H]5CC[C@H](C(=O)N6CCOCC6)CC5)ccc4[nH]3)cc2)CC1. The van der Waals surface area contributed by atoms with Gasteiger partial charge in [-0.2, -0.15) is 0 Å². The Morgan fingerprint density at radius 2 is 1.65 bits per heavy atom. The molecule has 0 bridgehead atoms. The van der Waals surface area contributed by atoms with E-state index in [9.17, 15) is 13.2 Å². The minimum atomic E-state index is -3.71. The highest BCUT2D eigenvalue weighted by Crippen LogP contribution is 2.29. The van der Waals surface area contributed by atoms with Crippen LogP contribution in [0.5, 0.6) is 0 Å². The van der Waals surface area contributed by atoms with Gasteiger partial charge in [0.05, 0.1) is 29.1 Å². The van der Waals surface area contributed by atoms with Crippen LogP contribution in [0.4, 0.5) is 5.69 Å². The maximum Gasteiger partial charge on any atom is 0.240 e. The van der Waals surface area contributed by atoms with Crippen LogP contribution >= 0.6 is 0 Å². The number of ether oxygens (including phenoxy) is 1. The van der Waals surface area contributed by atoms with Crippen LogP contribution in [0.1, 0.15) is 25.7 Å². The second-order valence-electron chi connectivity index (χ2n) is 11.2. The van der Waals surface area contributed by atoms with Crippen molar-refractivity contribution < 1.29 is 17.9 Å². The van der Waals surface area contributed by atoms with Crippen molar-refractivity contribution in [1.82, 2.24) is 24.5 Å². The van der Waals surface area contributed by atoms with Gasteiger partial charge in [0.2, 0.25) is 15.9 Å². The lowest BCUT2D eigenvalue weighted by atomic mass is 9.85. The lowest BCUT2D eigenvalue weighted by Crippen LogP contribution is -2.46. The van der Waals surface area contributed by atoms with Crippen LogP contribution in [-0.2, 0) is 19.6 Å². The number of hydrogen-bond acceptors (Lipinski definition) is 7. The summed E-state index contributed by atoms with van der Waals surface area (Å²) in [4.78, 5) is 27.7. The van der Waals surface area contributed by atoms with Crippen molar-refractivity contribution in [2.75, 3.05) is 64.4 Å². The second-order valence-corrected chi connectivity index (χ2v) is 12.9. The highest BCUT2D eigenvalue weighted by Gasteiger charge is 2.32. The number of sulfonamides is 1. The number of imidazole rings is 1. The van der Waals surface area contributed by atoms with Crippen LogP contribution in [0, 0.1) is 5.92 Å². The number of hydrogen-bond donors (Lipinski definition) is 2. The Morgan fingerprint density at radius 1 is 0.950 bits per heavy atom. The third-order valence-corrected chi connectivity index (χ3v) is 10.0. The number of rotatable bonds is 6. The van der Waals surface area contributed by atoms with Crippen molar-refractivity contribution in [1.29, 1.82) is 0 Å². The Morgan fingerprint density at radius 3 is 2.35 bits per heavy atom. The normalized spacial score (nSPS) is 23.0. The van der Waals surface area contributed by atoms with Gasteiger partial charge in [-0.25, -0.2) is 18.1 Å². The number of carbonyl (C=O) groups excluding carboxylic acids is 1. The molecule has 2 N–H and O–H groups in total. The molecule has 2 aliphatic heterocycles. The minimum Gasteiger partial charge on any atom is -0.378 e. The van der Waals surface area contributed by atoms with Gasteiger partial charge in [0.1, 0.15) is 5.82 Å². The zero-order valence-electron chi connectivity index (χ0n) is 23.0. The molecule has 0 unspecified atom stereocenters. The maximum absolute atomic E-state index is 13.2. The first-order valence-corrected chi connectivity index (χ1v) is 15.8. The number of likely N-dealkylation sites (N-methyl/N-ethyl adjacent to an activating group) is 1. The minimum absolute atomic E-state index is 0.0340. The molecule has 0 radical (unpaired) electrons. The van der Waals surface area contributed by atoms with Crippen molar-refractivity contribution in [3.8, 4) is 11.4 Å². The molecule has 2 saturated heterocycles. The molecule has 1 amide bonds. The summed E-state index contributed by atoms with van der Waals surface area (Å²) in [6.45, 7) is 6.61. The predicted octanol–water partition coefficient (Wildman–Crippen LogP) is 2.68. The highest BCUT2D eigenvalue weighted by molar-refractivity contribution is 7.89. The lowest BCUT2D eigenvalue weighted by molar-refractivity contribution is -0.140. The molecule has 0 atom stereocenters. The number of fused-ring (bicyclic) bond motifs is 1. The van der Waals surface area contributed by atoms with E-state index in [2.05, 4.69) is 50.8 Å². The fraction of sp³-hybridized carbons (Fsp3) is 0.517. The molecule has 1 aliphatic carbocycles. The van der Waals surface area contributed by atoms with Gasteiger partial charge in [-0.05, 0) is 75.2 Å². The first-order chi connectivity index (χ1) is 19.4. The number of carbonyl (C=O) groups is 1. The van der Waals surface area contributed by atoms with E-state index in [0.717, 1.165) is 37.3 Å². The zero-order valence-corrected chi connectivity index (χ0v) is 23.8. The first kappa shape index (κ1) is 27.2. The number of benzene rings is 2. The number of piperazine rings is 1. The number of aromatic amines is 1. The van der Waals surface area contributed by atoms with E-state index in [1.807, 2.05) is 4.90 Å². The van der Waals surface area contributed by atoms with E-state index in [4.69, 9.17) is 9.72 Å². The summed E-state index contributed by atoms with van der Waals surface area (Å²) in [6, 6.07) is 13.2. The summed E-state index contributed by atoms with van der Waals surface area (Å²) >= 11 is 0. The molecule has 214 valence electrons. The molecular weight excluding hydrogens is 528 g/mol. The summed E-state index contributed by atoms with van der Waals surface area (Å²) in [5, 5.41) is 0. The Balaban J connectivity index is 1.09. The molecule has 3 aliphatic rings. The monoisotopic (exact) mass is 566 g/mol. The molecule has 0 spiro atoms. The fourth-order valence-corrected chi connectivity index (χ4v) is 7.30. The summed E-state index contributed by atoms with van der Waals surface area (Å²) in [5.41, 5.74) is 3.56. The van der Waals surface area contributed by atoms with Gasteiger partial charge in [-0.15, -0.1) is 0 Å². The van der Waals surface area contributed by atoms with E-state index in [0.29, 0.717) is 63.3 Å². The van der Waals surface area contributed by atoms with Crippen LogP contribution in [0.2, 0.25) is 0 Å². The summed E-state index contributed by atoms with van der Waals surface area (Å²) in [6.07, 6.45) is 2.69. The topological polar surface area (TPSA) is 111 Å². The van der Waals surface area contributed by atoms with Crippen LogP contribution in [0.3, 0.4) is 0 Å². The van der Waals surface area contributed by atoms with Gasteiger partial charge in [-0.1, -0.05) is 0 Å². The van der Waals surface area contributed by atoms with Gasteiger partial charge < -0.3 is 24.4 Å². The molecule has 3 aromatic rings. The average Bonchev–Trinajstić information content (AvgIpc) is 3.42. The summed E-state index contributed by atoms with van der Waals surface area (Å²) in [5.74, 6) is 0.859. The zero-order chi connectivity index (χ0) is 27.7. The number of H-pyrrole nitrogens is 1. The Labute approximate surface area is 235 Å². The largest absolute Gasteiger partial charge is 0.378 e. The predicted molar refractivity (Wildman–Crippen MR) is 155 cm³/mol. The molecule has 40 heavy (non-hydrogen) atoms. The van der Waals surface area contributed by atoms with E-state index in [-0.39, 0.29) is 22.8 Å². The van der Waals surface area contributed by atoms with Gasteiger partial charge in [-0.3, -0.25) is 4.79 Å². The average molecular weight is 567 g/mol. The quantitative estimate of drug-likeness (QED) is 0.472. The van der Waals surface area contributed by atoms with Crippen molar-refractivity contribution in [3.63, 3.8) is 0 Å². The number of nitrogens with one attached hydrogen (secondary N) is 2. The molecular formula is C29H38N6O4S. The van der Waals surface area contributed by atoms with Crippen LogP contribution in [-0.4, -0.2) is 99.7 Å². The molecule has 1 aromatic heterocycles. The molecule has 6 rings (SSSR count). The molecule has 11 heteroatoms. The second kappa shape index (κ2) is 11.5. The van der Waals surface area contributed by atoms with Crippen molar-refractivity contribution in [3.05, 3.63) is 42.5 Å². The lowest BCUT2D eigenvalue weighted by Gasteiger charge is -2.34. The summed E-state index contributed by atoms with van der Waals surface area (Å²) < 4.78 is 34.7. The first-order valence-electron chi connectivity index (χ1n) is 14.3. The number of morpholine rings is 1. The third-order valence-electron chi connectivity index (χ3n) is 8.49. The maximum atomic E-state index is 13.2. The number of anilines is 1. The Hall–Kier alpha value is -2.99. The number of nitrogens with zero attached hydrogens (tertiary/aromatic N) is 4. The molecule has 3 fully saturated rings. The van der Waals surface area contributed by atoms with Crippen molar-refractivity contribution in [2.24, 2.45) is 5.92 Å². The Kier molecular flexibility index (Phi) is 7.80. The third kappa shape index (κ3) is 5.88. The molecule has 1 saturated carbocycles. The van der Waals surface area contributed by atoms with Gasteiger partial charge in [0.25, 0.3) is 0 Å². The number of amides is 1. The van der Waals surface area contributed by atoms with Crippen LogP contribution in [0.15, 0.2) is 47.4 Å². The summed E-state index contributed by atoms with van der Waals surface area (Å²) in [7, 11) is -1.56. The van der Waals surface area contributed by atoms with Gasteiger partial charge in [0, 0.05) is 62.5 Å². The van der Waals surface area contributed by atoms with E-state index in [1.54, 1.807) is 18.2 Å². The highest BCUT2D eigenvalue weighted by atomic mass is 32.2. The smallest absolute Gasteiger partial charge is 0.240 e. The standard InChI is InChI=1S/C29H38N6O4S/c1-33-12-14-34(15-13-33)24-8-4-21(5-9-24)28-30-26-11-10-25(20-27(26)31-28)40(37,38)32-23-6-2-22(3-7-23)29(36)35-16-18-39-19-17-35/h4-5,8-11,20,22-23,32H,2-3,6-7,12-19H2,1H3,(H,30,31)/t22-,23-. The van der Waals surface area contributed by atoms with E-state index in [1.165, 1.54) is 5.69 Å². The van der Waals surface area contributed by atoms with E-state index >= 15 is 0 Å². The van der Waals surface area contributed by atoms with Crippen LogP contribution < -0.4 is 9.62 Å². The number of aromatic nitrogens is 2. The van der Waals surface area contributed by atoms with Gasteiger partial charge >= 0.3 is 0 Å². The van der Waals surface area contributed by atoms with Crippen molar-refractivity contribution >= 4 is 32.7 Å². The van der Waals surface area contributed by atoms with Crippen LogP contribution in [0.25, 0.3) is 22.4 Å². The van der Waals surface area contributed by atoms with E-state index < -0.39 is 10.0 Å². The molecule has 10 nitrogen and oxygen atoms in total. The molecule has 3 heterocycles. The molecule has 2 aromatic carbocycles. The van der Waals surface area contributed by atoms with Crippen molar-refractivity contribution in [2.45, 2.75) is 36.6 Å². The Bertz CT molecular complexity index is 1430. The fourth-order valence-electron chi connectivity index (χ4n) is 5.97.